The van der Waals surface area contributed by atoms with Gasteiger partial charge in [0.25, 0.3) is 6.43 Å². The van der Waals surface area contributed by atoms with Gasteiger partial charge in [-0.15, -0.1) is 11.3 Å². The second-order valence-electron chi connectivity index (χ2n) is 2.73. The van der Waals surface area contributed by atoms with Crippen LogP contribution < -0.4 is 0 Å². The van der Waals surface area contributed by atoms with Crippen LogP contribution in [0.15, 0.2) is 17.5 Å². The summed E-state index contributed by atoms with van der Waals surface area (Å²) < 4.78 is 39.1. The van der Waals surface area contributed by atoms with Crippen LogP contribution in [-0.2, 0) is 0 Å². The Labute approximate surface area is 95.9 Å². The van der Waals surface area contributed by atoms with Crippen LogP contribution in [0, 0.1) is 9.39 Å². The Morgan fingerprint density at radius 3 is 2.71 bits per heavy atom. The fraction of sp³-hybridized carbons (Fsp3) is 0.111. The highest BCUT2D eigenvalue weighted by molar-refractivity contribution is 14.1. The van der Waals surface area contributed by atoms with Gasteiger partial charge in [0.15, 0.2) is 0 Å². The van der Waals surface area contributed by atoms with E-state index in [9.17, 15) is 13.2 Å². The van der Waals surface area contributed by atoms with Crippen molar-refractivity contribution in [1.82, 2.24) is 0 Å². The summed E-state index contributed by atoms with van der Waals surface area (Å²) >= 11 is 3.05. The van der Waals surface area contributed by atoms with Crippen molar-refractivity contribution >= 4 is 44.0 Å². The minimum absolute atomic E-state index is 0.228. The Morgan fingerprint density at radius 2 is 2.07 bits per heavy atom. The first kappa shape index (κ1) is 10.2. The number of rotatable bonds is 1. The topological polar surface area (TPSA) is 0 Å². The third kappa shape index (κ3) is 1.52. The normalized spacial score (nSPS) is 11.5. The highest BCUT2D eigenvalue weighted by atomic mass is 127. The number of benzene rings is 1. The van der Waals surface area contributed by atoms with Gasteiger partial charge in [-0.2, -0.15) is 0 Å². The standard InChI is InChI=1S/C9H4F3IS/c10-6-3-5(9(11)12)7(13)4-1-2-14-8(4)6/h1-3,9H. The molecule has 0 amide bonds. The van der Waals surface area contributed by atoms with Crippen molar-refractivity contribution in [3.05, 3.63) is 32.5 Å². The fourth-order valence-corrected chi connectivity index (χ4v) is 3.08. The van der Waals surface area contributed by atoms with E-state index in [-0.39, 0.29) is 5.56 Å². The van der Waals surface area contributed by atoms with Crippen molar-refractivity contribution in [2.45, 2.75) is 6.43 Å². The van der Waals surface area contributed by atoms with Gasteiger partial charge in [-0.25, -0.2) is 13.2 Å². The van der Waals surface area contributed by atoms with Crippen LogP contribution in [0.1, 0.15) is 12.0 Å². The molecule has 1 heterocycles. The molecular formula is C9H4F3IS. The Balaban J connectivity index is 2.82. The SMILES string of the molecule is Fc1cc(C(F)F)c(I)c2ccsc12. The van der Waals surface area contributed by atoms with E-state index in [1.165, 1.54) is 11.3 Å². The van der Waals surface area contributed by atoms with E-state index in [1.54, 1.807) is 11.4 Å². The van der Waals surface area contributed by atoms with Crippen LogP contribution in [0.3, 0.4) is 0 Å². The highest BCUT2D eigenvalue weighted by Gasteiger charge is 2.17. The summed E-state index contributed by atoms with van der Waals surface area (Å²) in [6, 6.07) is 2.59. The first-order valence-corrected chi connectivity index (χ1v) is 5.70. The summed E-state index contributed by atoms with van der Waals surface area (Å²) in [5.41, 5.74) is -0.228. The van der Waals surface area contributed by atoms with Gasteiger partial charge in [0.2, 0.25) is 0 Å². The lowest BCUT2D eigenvalue weighted by Crippen LogP contribution is -1.91. The van der Waals surface area contributed by atoms with Gasteiger partial charge in [0, 0.05) is 14.5 Å². The quantitative estimate of drug-likeness (QED) is 0.672. The van der Waals surface area contributed by atoms with Crippen LogP contribution in [-0.4, -0.2) is 0 Å². The van der Waals surface area contributed by atoms with Crippen molar-refractivity contribution in [1.29, 1.82) is 0 Å². The van der Waals surface area contributed by atoms with Gasteiger partial charge < -0.3 is 0 Å². The summed E-state index contributed by atoms with van der Waals surface area (Å²) in [4.78, 5) is 0. The lowest BCUT2D eigenvalue weighted by atomic mass is 10.1. The maximum Gasteiger partial charge on any atom is 0.264 e. The molecule has 0 aliphatic heterocycles. The Bertz CT molecular complexity index is 478. The van der Waals surface area contributed by atoms with Crippen molar-refractivity contribution in [2.75, 3.05) is 0 Å². The highest BCUT2D eigenvalue weighted by Crippen LogP contribution is 2.34. The molecule has 1 aromatic carbocycles. The van der Waals surface area contributed by atoms with Gasteiger partial charge in [-0.3, -0.25) is 0 Å². The van der Waals surface area contributed by atoms with Crippen molar-refractivity contribution in [3.8, 4) is 0 Å². The van der Waals surface area contributed by atoms with Crippen LogP contribution in [0.25, 0.3) is 10.1 Å². The summed E-state index contributed by atoms with van der Waals surface area (Å²) in [6.07, 6.45) is -2.62. The number of alkyl halides is 2. The molecule has 0 atom stereocenters. The lowest BCUT2D eigenvalue weighted by molar-refractivity contribution is 0.150. The molecule has 0 saturated heterocycles. The van der Waals surface area contributed by atoms with Crippen LogP contribution in [0.2, 0.25) is 0 Å². The molecule has 0 saturated carbocycles. The van der Waals surface area contributed by atoms with Gasteiger partial charge in [0.05, 0.1) is 4.70 Å². The largest absolute Gasteiger partial charge is 0.264 e. The minimum Gasteiger partial charge on any atom is -0.205 e. The maximum atomic E-state index is 13.3. The van der Waals surface area contributed by atoms with Crippen LogP contribution in [0.4, 0.5) is 13.2 Å². The Morgan fingerprint density at radius 1 is 1.36 bits per heavy atom. The predicted molar refractivity (Wildman–Crippen MR) is 59.5 cm³/mol. The van der Waals surface area contributed by atoms with E-state index >= 15 is 0 Å². The van der Waals surface area contributed by atoms with Crippen LogP contribution in [0.5, 0.6) is 0 Å². The number of halogens is 4. The number of fused-ring (bicyclic) bond motifs is 1. The molecular weight excluding hydrogens is 324 g/mol. The molecule has 2 rings (SSSR count). The van der Waals surface area contributed by atoms with Crippen molar-refractivity contribution in [3.63, 3.8) is 0 Å². The summed E-state index contributed by atoms with van der Waals surface area (Å²) in [5.74, 6) is -0.564. The monoisotopic (exact) mass is 328 g/mol. The van der Waals surface area contributed by atoms with E-state index in [2.05, 4.69) is 0 Å². The van der Waals surface area contributed by atoms with Gasteiger partial charge >= 0.3 is 0 Å². The molecule has 0 N–H and O–H groups in total. The van der Waals surface area contributed by atoms with E-state index in [1.807, 2.05) is 22.6 Å². The minimum atomic E-state index is -2.62. The maximum absolute atomic E-state index is 13.3. The van der Waals surface area contributed by atoms with Crippen LogP contribution >= 0.6 is 33.9 Å². The number of hydrogen-bond donors (Lipinski definition) is 0. The van der Waals surface area contributed by atoms with E-state index in [4.69, 9.17) is 0 Å². The first-order chi connectivity index (χ1) is 6.61. The zero-order valence-corrected chi connectivity index (χ0v) is 9.70. The van der Waals surface area contributed by atoms with Gasteiger partial charge in [0.1, 0.15) is 5.82 Å². The molecule has 1 aromatic heterocycles. The van der Waals surface area contributed by atoms with Gasteiger partial charge in [-0.1, -0.05) is 0 Å². The molecule has 0 spiro atoms. The molecule has 0 aliphatic carbocycles. The van der Waals surface area contributed by atoms with Crippen molar-refractivity contribution in [2.24, 2.45) is 0 Å². The first-order valence-electron chi connectivity index (χ1n) is 3.74. The third-order valence-corrected chi connectivity index (χ3v) is 4.02. The van der Waals surface area contributed by atoms with E-state index < -0.39 is 12.2 Å². The zero-order chi connectivity index (χ0) is 10.3. The predicted octanol–water partition coefficient (Wildman–Crippen LogP) is 4.58. The fourth-order valence-electron chi connectivity index (χ4n) is 1.25. The van der Waals surface area contributed by atoms with Gasteiger partial charge in [-0.05, 0) is 40.1 Å². The zero-order valence-electron chi connectivity index (χ0n) is 6.73. The molecule has 0 nitrogen and oxygen atoms in total. The smallest absolute Gasteiger partial charge is 0.205 e. The molecule has 0 aliphatic rings. The summed E-state index contributed by atoms with van der Waals surface area (Å²) in [7, 11) is 0. The number of hydrogen-bond acceptors (Lipinski definition) is 1. The second-order valence-corrected chi connectivity index (χ2v) is 4.72. The average Bonchev–Trinajstić information content (AvgIpc) is 2.59. The summed E-state index contributed by atoms with van der Waals surface area (Å²) in [5, 5.41) is 2.27. The molecule has 0 bridgehead atoms. The second kappa shape index (κ2) is 3.69. The van der Waals surface area contributed by atoms with E-state index in [0.717, 1.165) is 6.07 Å². The molecule has 2 aromatic rings. The van der Waals surface area contributed by atoms with E-state index in [0.29, 0.717) is 13.7 Å². The average molecular weight is 328 g/mol. The summed E-state index contributed by atoms with van der Waals surface area (Å²) in [6.45, 7) is 0. The number of thiophene rings is 1. The molecule has 0 unspecified atom stereocenters. The molecule has 0 radical (unpaired) electrons. The lowest BCUT2D eigenvalue weighted by Gasteiger charge is -2.04. The molecule has 5 heteroatoms. The molecule has 0 fully saturated rings. The third-order valence-electron chi connectivity index (χ3n) is 1.89. The Hall–Kier alpha value is -0.300. The Kier molecular flexibility index (Phi) is 2.70. The van der Waals surface area contributed by atoms with Crippen molar-refractivity contribution < 1.29 is 13.2 Å². The molecule has 74 valence electrons. The molecule has 14 heavy (non-hydrogen) atoms.